The van der Waals surface area contributed by atoms with Crippen molar-refractivity contribution < 1.29 is 23.4 Å². The van der Waals surface area contributed by atoms with Crippen LogP contribution >= 0.6 is 0 Å². The average Bonchev–Trinajstić information content (AvgIpc) is 2.79. The van der Waals surface area contributed by atoms with E-state index in [-0.39, 0.29) is 5.91 Å². The van der Waals surface area contributed by atoms with Gasteiger partial charge in [-0.25, -0.2) is 4.39 Å². The van der Waals surface area contributed by atoms with Crippen LogP contribution < -0.4 is 19.5 Å². The number of ether oxygens (including phenoxy) is 3. The van der Waals surface area contributed by atoms with Crippen LogP contribution in [0.2, 0.25) is 0 Å². The molecule has 0 saturated carbocycles. The van der Waals surface area contributed by atoms with E-state index in [0.717, 1.165) is 16.9 Å². The second-order valence-electron chi connectivity index (χ2n) is 6.93. The lowest BCUT2D eigenvalue weighted by molar-refractivity contribution is -0.111. The van der Waals surface area contributed by atoms with Crippen molar-refractivity contribution >= 4 is 17.7 Å². The number of hydrogen-bond donors (Lipinski definition) is 1. The van der Waals surface area contributed by atoms with Crippen LogP contribution in [-0.2, 0) is 4.79 Å². The monoisotopic (exact) mass is 435 g/mol. The molecular weight excluding hydrogens is 409 g/mol. The zero-order valence-electron chi connectivity index (χ0n) is 18.1. The van der Waals surface area contributed by atoms with Crippen LogP contribution in [0.15, 0.2) is 72.8 Å². The van der Waals surface area contributed by atoms with Gasteiger partial charge in [-0.3, -0.25) is 4.79 Å². The number of nitrogens with one attached hydrogen (secondary N) is 1. The molecule has 0 heterocycles. The Morgan fingerprint density at radius 2 is 1.72 bits per heavy atom. The minimum atomic E-state index is -0.402. The fourth-order valence-electron chi connectivity index (χ4n) is 2.92. The number of halogens is 1. The summed E-state index contributed by atoms with van der Waals surface area (Å²) in [6, 6.07) is 19.2. The third kappa shape index (κ3) is 6.87. The molecule has 0 bridgehead atoms. The van der Waals surface area contributed by atoms with Gasteiger partial charge in [-0.1, -0.05) is 30.3 Å². The molecule has 0 aliphatic carbocycles. The van der Waals surface area contributed by atoms with Gasteiger partial charge < -0.3 is 19.5 Å². The Hall–Kier alpha value is -3.80. The Kier molecular flexibility index (Phi) is 8.26. The third-order valence-corrected chi connectivity index (χ3v) is 4.51. The fraction of sp³-hybridized carbons (Fsp3) is 0.192. The third-order valence-electron chi connectivity index (χ3n) is 4.51. The number of carbonyl (C=O) groups is 1. The van der Waals surface area contributed by atoms with Gasteiger partial charge in [-0.05, 0) is 67.4 Å². The molecular formula is C26H26FNO4. The fourth-order valence-corrected chi connectivity index (χ4v) is 2.92. The number of benzene rings is 3. The summed E-state index contributed by atoms with van der Waals surface area (Å²) in [6.45, 7) is 4.93. The lowest BCUT2D eigenvalue weighted by Gasteiger charge is -2.13. The zero-order valence-corrected chi connectivity index (χ0v) is 18.1. The predicted octanol–water partition coefficient (Wildman–Crippen LogP) is 5.64. The number of carbonyl (C=O) groups excluding carboxylic acids is 1. The molecule has 0 radical (unpaired) electrons. The summed E-state index contributed by atoms with van der Waals surface area (Å²) < 4.78 is 30.5. The van der Waals surface area contributed by atoms with Gasteiger partial charge >= 0.3 is 0 Å². The van der Waals surface area contributed by atoms with Crippen molar-refractivity contribution in [1.82, 2.24) is 0 Å². The number of para-hydroxylation sites is 1. The SMILES string of the molecule is CCOc1cc(/C=C/C(=O)Nc2cc(F)ccc2C)ccc1OCCOc1ccccc1. The van der Waals surface area contributed by atoms with Gasteiger partial charge in [0.15, 0.2) is 11.5 Å². The normalized spacial score (nSPS) is 10.7. The van der Waals surface area contributed by atoms with E-state index >= 15 is 0 Å². The van der Waals surface area contributed by atoms with Gasteiger partial charge in [0.05, 0.1) is 6.61 Å². The zero-order chi connectivity index (χ0) is 22.8. The van der Waals surface area contributed by atoms with E-state index in [4.69, 9.17) is 14.2 Å². The van der Waals surface area contributed by atoms with E-state index in [1.54, 1.807) is 31.2 Å². The molecule has 3 aromatic carbocycles. The molecule has 0 fully saturated rings. The van der Waals surface area contributed by atoms with Crippen LogP contribution in [0, 0.1) is 12.7 Å². The highest BCUT2D eigenvalue weighted by Gasteiger charge is 2.07. The number of rotatable bonds is 10. The van der Waals surface area contributed by atoms with Gasteiger partial charge in [0.25, 0.3) is 0 Å². The Bertz CT molecular complexity index is 1070. The van der Waals surface area contributed by atoms with E-state index in [1.165, 1.54) is 18.2 Å². The van der Waals surface area contributed by atoms with Crippen molar-refractivity contribution in [2.45, 2.75) is 13.8 Å². The lowest BCUT2D eigenvalue weighted by Crippen LogP contribution is -2.10. The molecule has 32 heavy (non-hydrogen) atoms. The van der Waals surface area contributed by atoms with Crippen molar-refractivity contribution in [2.75, 3.05) is 25.1 Å². The molecule has 5 nitrogen and oxygen atoms in total. The van der Waals surface area contributed by atoms with Gasteiger partial charge in [-0.2, -0.15) is 0 Å². The van der Waals surface area contributed by atoms with Crippen LogP contribution in [0.5, 0.6) is 17.2 Å². The van der Waals surface area contributed by atoms with Gasteiger partial charge in [0.1, 0.15) is 24.8 Å². The minimum absolute atomic E-state index is 0.352. The second-order valence-corrected chi connectivity index (χ2v) is 6.93. The Morgan fingerprint density at radius 3 is 2.50 bits per heavy atom. The maximum absolute atomic E-state index is 13.4. The first-order chi connectivity index (χ1) is 15.5. The van der Waals surface area contributed by atoms with Crippen molar-refractivity contribution in [2.24, 2.45) is 0 Å². The summed E-state index contributed by atoms with van der Waals surface area (Å²) in [7, 11) is 0. The summed E-state index contributed by atoms with van der Waals surface area (Å²) >= 11 is 0. The molecule has 0 aromatic heterocycles. The molecule has 0 unspecified atom stereocenters. The number of anilines is 1. The number of hydrogen-bond acceptors (Lipinski definition) is 4. The molecule has 6 heteroatoms. The second kappa shape index (κ2) is 11.6. The molecule has 3 aromatic rings. The van der Waals surface area contributed by atoms with Crippen molar-refractivity contribution in [3.63, 3.8) is 0 Å². The lowest BCUT2D eigenvalue weighted by atomic mass is 10.1. The van der Waals surface area contributed by atoms with Crippen LogP contribution in [-0.4, -0.2) is 25.7 Å². The van der Waals surface area contributed by atoms with Gasteiger partial charge in [-0.15, -0.1) is 0 Å². The van der Waals surface area contributed by atoms with Crippen molar-refractivity contribution in [3.05, 3.63) is 89.8 Å². The Balaban J connectivity index is 1.59. The number of amides is 1. The van der Waals surface area contributed by atoms with Gasteiger partial charge in [0.2, 0.25) is 5.91 Å². The quantitative estimate of drug-likeness (QED) is 0.331. The largest absolute Gasteiger partial charge is 0.490 e. The summed E-state index contributed by atoms with van der Waals surface area (Å²) in [5.41, 5.74) is 1.99. The minimum Gasteiger partial charge on any atom is -0.490 e. The standard InChI is InChI=1S/C26H26FNO4/c1-3-30-25-17-20(11-14-26(29)28-23-18-21(27)12-9-19(23)2)10-13-24(25)32-16-15-31-22-7-5-4-6-8-22/h4-14,17-18H,3,15-16H2,1-2H3,(H,28,29)/b14-11+. The summed E-state index contributed by atoms with van der Waals surface area (Å²) in [5, 5.41) is 2.68. The van der Waals surface area contributed by atoms with Gasteiger partial charge in [0, 0.05) is 11.8 Å². The van der Waals surface area contributed by atoms with Crippen LogP contribution in [0.25, 0.3) is 6.08 Å². The first-order valence-electron chi connectivity index (χ1n) is 10.4. The highest BCUT2D eigenvalue weighted by Crippen LogP contribution is 2.29. The van der Waals surface area contributed by atoms with Crippen LogP contribution in [0.3, 0.4) is 0 Å². The highest BCUT2D eigenvalue weighted by molar-refractivity contribution is 6.02. The van der Waals surface area contributed by atoms with Crippen molar-refractivity contribution in [1.29, 1.82) is 0 Å². The highest BCUT2D eigenvalue weighted by atomic mass is 19.1. The molecule has 1 amide bonds. The molecule has 3 rings (SSSR count). The van der Waals surface area contributed by atoms with E-state index in [0.29, 0.717) is 37.0 Å². The molecule has 0 spiro atoms. The van der Waals surface area contributed by atoms with E-state index in [1.807, 2.05) is 43.3 Å². The summed E-state index contributed by atoms with van der Waals surface area (Å²) in [4.78, 5) is 12.2. The molecule has 0 saturated heterocycles. The Labute approximate surface area is 187 Å². The first kappa shape index (κ1) is 22.9. The molecule has 0 atom stereocenters. The predicted molar refractivity (Wildman–Crippen MR) is 124 cm³/mol. The van der Waals surface area contributed by atoms with Crippen molar-refractivity contribution in [3.8, 4) is 17.2 Å². The summed E-state index contributed by atoms with van der Waals surface area (Å²) in [5.74, 6) is 1.21. The smallest absolute Gasteiger partial charge is 0.248 e. The number of aryl methyl sites for hydroxylation is 1. The first-order valence-corrected chi connectivity index (χ1v) is 10.4. The maximum Gasteiger partial charge on any atom is 0.248 e. The summed E-state index contributed by atoms with van der Waals surface area (Å²) in [6.07, 6.45) is 3.05. The molecule has 0 aliphatic rings. The van der Waals surface area contributed by atoms with E-state index in [9.17, 15) is 9.18 Å². The van der Waals surface area contributed by atoms with Crippen LogP contribution in [0.1, 0.15) is 18.1 Å². The maximum atomic E-state index is 13.4. The van der Waals surface area contributed by atoms with E-state index in [2.05, 4.69) is 5.32 Å². The molecule has 0 aliphatic heterocycles. The average molecular weight is 435 g/mol. The van der Waals surface area contributed by atoms with E-state index < -0.39 is 5.82 Å². The molecule has 1 N–H and O–H groups in total. The van der Waals surface area contributed by atoms with Crippen LogP contribution in [0.4, 0.5) is 10.1 Å². The molecule has 166 valence electrons. The topological polar surface area (TPSA) is 56.8 Å². The Morgan fingerprint density at radius 1 is 0.938 bits per heavy atom.